The predicted octanol–water partition coefficient (Wildman–Crippen LogP) is 4.35. The van der Waals surface area contributed by atoms with Crippen LogP contribution in [0.15, 0.2) is 0 Å². The molecular weight excluding hydrogens is 172 g/mol. The van der Waals surface area contributed by atoms with Gasteiger partial charge in [0.1, 0.15) is 6.29 Å². The fourth-order valence-electron chi connectivity index (χ4n) is 2.00. The van der Waals surface area contributed by atoms with Gasteiger partial charge in [0.25, 0.3) is 0 Å². The van der Waals surface area contributed by atoms with E-state index in [0.717, 1.165) is 25.0 Å². The quantitative estimate of drug-likeness (QED) is 0.377. The van der Waals surface area contributed by atoms with Crippen molar-refractivity contribution in [1.29, 1.82) is 0 Å². The van der Waals surface area contributed by atoms with Crippen molar-refractivity contribution in [3.05, 3.63) is 0 Å². The Morgan fingerprint density at radius 3 is 2.29 bits per heavy atom. The Hall–Kier alpha value is -0.330. The molecule has 0 radical (unpaired) electrons. The molecule has 0 aromatic carbocycles. The molecule has 0 bridgehead atoms. The van der Waals surface area contributed by atoms with E-state index in [1.54, 1.807) is 0 Å². The summed E-state index contributed by atoms with van der Waals surface area (Å²) in [6.45, 7) is 4.48. The van der Waals surface area contributed by atoms with Crippen LogP contribution < -0.4 is 0 Å². The minimum Gasteiger partial charge on any atom is -0.303 e. The molecule has 0 spiro atoms. The molecule has 0 aliphatic heterocycles. The third-order valence-corrected chi connectivity index (χ3v) is 2.86. The Labute approximate surface area is 89.3 Å². The molecule has 0 heterocycles. The number of aldehydes is 1. The monoisotopic (exact) mass is 198 g/mol. The lowest BCUT2D eigenvalue weighted by Crippen LogP contribution is -2.00. The van der Waals surface area contributed by atoms with E-state index in [1.165, 1.54) is 44.9 Å². The smallest absolute Gasteiger partial charge is 0.120 e. The maximum Gasteiger partial charge on any atom is 0.120 e. The minimum absolute atomic E-state index is 0.762. The normalized spacial score (nSPS) is 12.7. The van der Waals surface area contributed by atoms with Gasteiger partial charge in [0, 0.05) is 6.42 Å². The summed E-state index contributed by atoms with van der Waals surface area (Å²) in [5.74, 6) is 0.807. The van der Waals surface area contributed by atoms with Gasteiger partial charge < -0.3 is 4.79 Å². The average Bonchev–Trinajstić information content (AvgIpc) is 2.20. The largest absolute Gasteiger partial charge is 0.303 e. The van der Waals surface area contributed by atoms with Crippen LogP contribution in [0.3, 0.4) is 0 Å². The van der Waals surface area contributed by atoms with Crippen LogP contribution in [0.2, 0.25) is 0 Å². The molecule has 0 fully saturated rings. The lowest BCUT2D eigenvalue weighted by Gasteiger charge is -2.14. The molecule has 0 N–H and O–H groups in total. The standard InChI is InChI=1S/C13H26O/c1-3-5-6-7-10-13(9-4-2)11-8-12-14/h12-13H,3-11H2,1-2H3. The van der Waals surface area contributed by atoms with Gasteiger partial charge in [-0.25, -0.2) is 0 Å². The summed E-state index contributed by atoms with van der Waals surface area (Å²) in [5.41, 5.74) is 0. The topological polar surface area (TPSA) is 17.1 Å². The first-order chi connectivity index (χ1) is 6.85. The molecule has 84 valence electrons. The molecule has 0 aliphatic carbocycles. The highest BCUT2D eigenvalue weighted by atomic mass is 16.1. The van der Waals surface area contributed by atoms with E-state index in [-0.39, 0.29) is 0 Å². The highest BCUT2D eigenvalue weighted by Crippen LogP contribution is 2.20. The molecule has 0 saturated heterocycles. The lowest BCUT2D eigenvalue weighted by atomic mass is 9.92. The number of hydrogen-bond acceptors (Lipinski definition) is 1. The van der Waals surface area contributed by atoms with Crippen LogP contribution in [0.5, 0.6) is 0 Å². The zero-order valence-corrected chi connectivity index (χ0v) is 9.93. The van der Waals surface area contributed by atoms with E-state index >= 15 is 0 Å². The average molecular weight is 198 g/mol. The van der Waals surface area contributed by atoms with Crippen LogP contribution in [0.25, 0.3) is 0 Å². The third kappa shape index (κ3) is 8.28. The Bertz CT molecular complexity index is 120. The van der Waals surface area contributed by atoms with Gasteiger partial charge in [0.15, 0.2) is 0 Å². The van der Waals surface area contributed by atoms with Gasteiger partial charge in [-0.05, 0) is 12.3 Å². The van der Waals surface area contributed by atoms with Crippen LogP contribution in [-0.4, -0.2) is 6.29 Å². The number of unbranched alkanes of at least 4 members (excludes halogenated alkanes) is 3. The van der Waals surface area contributed by atoms with Crippen molar-refractivity contribution in [3.8, 4) is 0 Å². The number of carbonyl (C=O) groups is 1. The van der Waals surface area contributed by atoms with Crippen LogP contribution in [0.1, 0.15) is 71.6 Å². The molecule has 0 saturated carbocycles. The van der Waals surface area contributed by atoms with Gasteiger partial charge in [-0.1, -0.05) is 58.8 Å². The van der Waals surface area contributed by atoms with Gasteiger partial charge in [-0.2, -0.15) is 0 Å². The van der Waals surface area contributed by atoms with Crippen LogP contribution in [0.4, 0.5) is 0 Å². The van der Waals surface area contributed by atoms with Crippen molar-refractivity contribution in [1.82, 2.24) is 0 Å². The van der Waals surface area contributed by atoms with Gasteiger partial charge in [-0.15, -0.1) is 0 Å². The molecule has 0 amide bonds. The second kappa shape index (κ2) is 10.7. The van der Waals surface area contributed by atoms with Gasteiger partial charge in [-0.3, -0.25) is 0 Å². The summed E-state index contributed by atoms with van der Waals surface area (Å²) in [6.07, 6.45) is 12.3. The van der Waals surface area contributed by atoms with Crippen molar-refractivity contribution in [2.24, 2.45) is 5.92 Å². The van der Waals surface area contributed by atoms with Crippen molar-refractivity contribution >= 4 is 6.29 Å². The van der Waals surface area contributed by atoms with Crippen LogP contribution in [-0.2, 0) is 4.79 Å². The molecule has 1 unspecified atom stereocenters. The fraction of sp³-hybridized carbons (Fsp3) is 0.923. The molecule has 0 rings (SSSR count). The highest BCUT2D eigenvalue weighted by molar-refractivity contribution is 5.49. The van der Waals surface area contributed by atoms with Gasteiger partial charge >= 0.3 is 0 Å². The van der Waals surface area contributed by atoms with E-state index in [1.807, 2.05) is 0 Å². The van der Waals surface area contributed by atoms with Crippen molar-refractivity contribution < 1.29 is 4.79 Å². The Kier molecular flexibility index (Phi) is 10.5. The summed E-state index contributed by atoms with van der Waals surface area (Å²) < 4.78 is 0. The molecule has 0 aromatic rings. The van der Waals surface area contributed by atoms with Crippen LogP contribution >= 0.6 is 0 Å². The van der Waals surface area contributed by atoms with E-state index < -0.39 is 0 Å². The zero-order valence-electron chi connectivity index (χ0n) is 9.93. The number of hydrogen-bond donors (Lipinski definition) is 0. The van der Waals surface area contributed by atoms with Gasteiger partial charge in [0.05, 0.1) is 0 Å². The van der Waals surface area contributed by atoms with Crippen molar-refractivity contribution in [2.75, 3.05) is 0 Å². The molecular formula is C13H26O. The summed E-state index contributed by atoms with van der Waals surface area (Å²) in [5, 5.41) is 0. The third-order valence-electron chi connectivity index (χ3n) is 2.86. The summed E-state index contributed by atoms with van der Waals surface area (Å²) in [4.78, 5) is 10.3. The molecule has 1 atom stereocenters. The molecule has 0 aromatic heterocycles. The maximum absolute atomic E-state index is 10.3. The maximum atomic E-state index is 10.3. The summed E-state index contributed by atoms with van der Waals surface area (Å²) in [6, 6.07) is 0. The van der Waals surface area contributed by atoms with E-state index in [2.05, 4.69) is 13.8 Å². The van der Waals surface area contributed by atoms with Crippen molar-refractivity contribution in [3.63, 3.8) is 0 Å². The lowest BCUT2D eigenvalue weighted by molar-refractivity contribution is -0.108. The Morgan fingerprint density at radius 2 is 1.71 bits per heavy atom. The SMILES string of the molecule is CCCCCCC(CCC)CCC=O. The fourth-order valence-corrected chi connectivity index (χ4v) is 2.00. The minimum atomic E-state index is 0.762. The molecule has 14 heavy (non-hydrogen) atoms. The Balaban J connectivity index is 3.45. The highest BCUT2D eigenvalue weighted by Gasteiger charge is 2.06. The van der Waals surface area contributed by atoms with E-state index in [9.17, 15) is 4.79 Å². The Morgan fingerprint density at radius 1 is 0.929 bits per heavy atom. The molecule has 0 aliphatic rings. The predicted molar refractivity (Wildman–Crippen MR) is 62.5 cm³/mol. The molecule has 1 nitrogen and oxygen atoms in total. The number of carbonyl (C=O) groups excluding carboxylic acids is 1. The first kappa shape index (κ1) is 13.7. The van der Waals surface area contributed by atoms with Crippen molar-refractivity contribution in [2.45, 2.75) is 71.6 Å². The summed E-state index contributed by atoms with van der Waals surface area (Å²) >= 11 is 0. The zero-order chi connectivity index (χ0) is 10.6. The second-order valence-electron chi connectivity index (χ2n) is 4.25. The second-order valence-corrected chi connectivity index (χ2v) is 4.25. The van der Waals surface area contributed by atoms with Crippen LogP contribution in [0, 0.1) is 5.92 Å². The van der Waals surface area contributed by atoms with Gasteiger partial charge in [0.2, 0.25) is 0 Å². The van der Waals surface area contributed by atoms with E-state index in [4.69, 9.17) is 0 Å². The van der Waals surface area contributed by atoms with E-state index in [0.29, 0.717) is 0 Å². The number of rotatable bonds is 10. The molecule has 1 heteroatoms. The summed E-state index contributed by atoms with van der Waals surface area (Å²) in [7, 11) is 0. The first-order valence-corrected chi connectivity index (χ1v) is 6.28. The first-order valence-electron chi connectivity index (χ1n) is 6.28.